The first kappa shape index (κ1) is 18.5. The number of benzene rings is 3. The molecule has 3 aromatic carbocycles. The average molecular weight is 394 g/mol. The van der Waals surface area contributed by atoms with Crippen molar-refractivity contribution < 1.29 is 13.2 Å². The summed E-state index contributed by atoms with van der Waals surface area (Å²) in [7, 11) is -1.78. The van der Waals surface area contributed by atoms with Gasteiger partial charge in [0.05, 0.1) is 10.6 Å². The van der Waals surface area contributed by atoms with Crippen LogP contribution in [0.1, 0.15) is 18.4 Å². The van der Waals surface area contributed by atoms with Crippen molar-refractivity contribution in [3.05, 3.63) is 72.3 Å². The molecule has 1 heterocycles. The van der Waals surface area contributed by atoms with E-state index in [9.17, 15) is 13.2 Å². The second-order valence-corrected chi connectivity index (χ2v) is 8.88. The van der Waals surface area contributed by atoms with Crippen LogP contribution < -0.4 is 4.31 Å². The Hall–Kier alpha value is -2.86. The predicted octanol–water partition coefficient (Wildman–Crippen LogP) is 3.79. The van der Waals surface area contributed by atoms with Crippen molar-refractivity contribution in [3.8, 4) is 0 Å². The summed E-state index contributed by atoms with van der Waals surface area (Å²) >= 11 is 0. The van der Waals surface area contributed by atoms with Gasteiger partial charge in [-0.05, 0) is 29.5 Å². The Bertz CT molecular complexity index is 1120. The van der Waals surface area contributed by atoms with Crippen molar-refractivity contribution in [3.63, 3.8) is 0 Å². The molecule has 0 fully saturated rings. The Kier molecular flexibility index (Phi) is 4.81. The number of anilines is 1. The van der Waals surface area contributed by atoms with Crippen molar-refractivity contribution in [2.75, 3.05) is 17.9 Å². The number of carbonyl (C=O) groups excluding carboxylic acids is 1. The maximum Gasteiger partial charge on any atom is 0.265 e. The number of hydrogen-bond acceptors (Lipinski definition) is 3. The molecule has 144 valence electrons. The number of amides is 1. The molecule has 0 atom stereocenters. The molecule has 0 saturated carbocycles. The summed E-state index contributed by atoms with van der Waals surface area (Å²) in [5, 5.41) is 1.69. The molecule has 28 heavy (non-hydrogen) atoms. The van der Waals surface area contributed by atoms with E-state index in [0.29, 0.717) is 36.5 Å². The van der Waals surface area contributed by atoms with Gasteiger partial charge in [-0.25, -0.2) is 8.42 Å². The van der Waals surface area contributed by atoms with Crippen molar-refractivity contribution >= 4 is 32.4 Å². The first-order valence-corrected chi connectivity index (χ1v) is 10.7. The minimum atomic E-state index is -3.56. The van der Waals surface area contributed by atoms with E-state index in [1.54, 1.807) is 24.1 Å². The van der Waals surface area contributed by atoms with E-state index in [0.717, 1.165) is 16.3 Å². The van der Waals surface area contributed by atoms with Crippen LogP contribution in [-0.2, 0) is 21.4 Å². The quantitative estimate of drug-likeness (QED) is 0.639. The Morgan fingerprint density at radius 2 is 1.68 bits per heavy atom. The monoisotopic (exact) mass is 394 g/mol. The normalized spacial score (nSPS) is 14.4. The molecule has 5 nitrogen and oxygen atoms in total. The van der Waals surface area contributed by atoms with E-state index < -0.39 is 10.0 Å². The van der Waals surface area contributed by atoms with Crippen molar-refractivity contribution in [1.82, 2.24) is 4.90 Å². The SMILES string of the molecule is CN(Cc1ccccc1)C(=O)CCCN1c2cccc3cccc(c23)S1(=O)=O. The number of sulfonamides is 1. The molecule has 0 aliphatic carbocycles. The molecule has 0 N–H and O–H groups in total. The molecule has 6 heteroatoms. The molecule has 1 aliphatic heterocycles. The summed E-state index contributed by atoms with van der Waals surface area (Å²) in [5.41, 5.74) is 1.78. The standard InChI is InChI=1S/C22H22N2O3S/c1-23(16-17-8-3-2-4-9-17)21(25)14-7-15-24-19-12-5-10-18-11-6-13-20(22(18)19)28(24,26)27/h2-6,8-13H,7,14-16H2,1H3. The third-order valence-corrected chi connectivity index (χ3v) is 6.98. The topological polar surface area (TPSA) is 57.7 Å². The van der Waals surface area contributed by atoms with Crippen molar-refractivity contribution in [2.45, 2.75) is 24.3 Å². The van der Waals surface area contributed by atoms with Gasteiger partial charge in [-0.3, -0.25) is 9.10 Å². The van der Waals surface area contributed by atoms with Crippen LogP contribution in [0.15, 0.2) is 71.6 Å². The minimum absolute atomic E-state index is 0.0103. The van der Waals surface area contributed by atoms with E-state index in [-0.39, 0.29) is 5.91 Å². The lowest BCUT2D eigenvalue weighted by atomic mass is 10.1. The molecule has 0 bridgehead atoms. The van der Waals surface area contributed by atoms with Crippen LogP contribution in [-0.4, -0.2) is 32.8 Å². The van der Waals surface area contributed by atoms with Crippen molar-refractivity contribution in [2.24, 2.45) is 0 Å². The van der Waals surface area contributed by atoms with Gasteiger partial charge in [-0.1, -0.05) is 54.6 Å². The predicted molar refractivity (Wildman–Crippen MR) is 111 cm³/mol. The summed E-state index contributed by atoms with van der Waals surface area (Å²) < 4.78 is 27.3. The maximum absolute atomic E-state index is 12.9. The minimum Gasteiger partial charge on any atom is -0.341 e. The lowest BCUT2D eigenvalue weighted by Gasteiger charge is -2.20. The summed E-state index contributed by atoms with van der Waals surface area (Å²) in [4.78, 5) is 14.5. The third kappa shape index (κ3) is 3.24. The van der Waals surface area contributed by atoms with Crippen LogP contribution in [0.25, 0.3) is 10.8 Å². The number of carbonyl (C=O) groups is 1. The van der Waals surface area contributed by atoms with Crippen LogP contribution in [0.3, 0.4) is 0 Å². The van der Waals surface area contributed by atoms with Gasteiger partial charge in [0.15, 0.2) is 0 Å². The second kappa shape index (κ2) is 7.28. The smallest absolute Gasteiger partial charge is 0.265 e. The lowest BCUT2D eigenvalue weighted by Crippen LogP contribution is -2.30. The molecule has 1 amide bonds. The Morgan fingerprint density at radius 1 is 0.964 bits per heavy atom. The van der Waals surface area contributed by atoms with Crippen LogP contribution in [0.2, 0.25) is 0 Å². The van der Waals surface area contributed by atoms with Gasteiger partial charge < -0.3 is 4.90 Å². The highest BCUT2D eigenvalue weighted by Crippen LogP contribution is 2.41. The maximum atomic E-state index is 12.9. The third-order valence-electron chi connectivity index (χ3n) is 5.12. The van der Waals surface area contributed by atoms with Gasteiger partial charge in [0.1, 0.15) is 0 Å². The van der Waals surface area contributed by atoms with Crippen molar-refractivity contribution in [1.29, 1.82) is 0 Å². The van der Waals surface area contributed by atoms with Gasteiger partial charge in [0.25, 0.3) is 10.0 Å². The van der Waals surface area contributed by atoms with Crippen LogP contribution in [0, 0.1) is 0 Å². The molecule has 0 saturated heterocycles. The van der Waals surface area contributed by atoms with Crippen LogP contribution in [0.5, 0.6) is 0 Å². The summed E-state index contributed by atoms with van der Waals surface area (Å²) in [6.07, 6.45) is 0.781. The number of hydrogen-bond donors (Lipinski definition) is 0. The Labute approximate surface area is 165 Å². The highest BCUT2D eigenvalue weighted by atomic mass is 32.2. The Balaban J connectivity index is 1.43. The van der Waals surface area contributed by atoms with Crippen LogP contribution >= 0.6 is 0 Å². The molecular formula is C22H22N2O3S. The zero-order chi connectivity index (χ0) is 19.7. The molecule has 1 aliphatic rings. The summed E-state index contributed by atoms with van der Waals surface area (Å²) in [5.74, 6) is 0.0103. The highest BCUT2D eigenvalue weighted by Gasteiger charge is 2.35. The fourth-order valence-corrected chi connectivity index (χ4v) is 5.46. The van der Waals surface area contributed by atoms with Gasteiger partial charge in [0.2, 0.25) is 5.91 Å². The van der Waals surface area contributed by atoms with Gasteiger partial charge in [0, 0.05) is 31.9 Å². The second-order valence-electron chi connectivity index (χ2n) is 7.05. The molecule has 4 rings (SSSR count). The van der Waals surface area contributed by atoms with Crippen LogP contribution in [0.4, 0.5) is 5.69 Å². The molecular weight excluding hydrogens is 372 g/mol. The molecule has 0 unspecified atom stereocenters. The zero-order valence-corrected chi connectivity index (χ0v) is 16.5. The number of nitrogens with zero attached hydrogens (tertiary/aromatic N) is 2. The first-order valence-electron chi connectivity index (χ1n) is 9.31. The highest BCUT2D eigenvalue weighted by molar-refractivity contribution is 7.93. The largest absolute Gasteiger partial charge is 0.341 e. The molecule has 0 spiro atoms. The van der Waals surface area contributed by atoms with Gasteiger partial charge in [-0.15, -0.1) is 0 Å². The van der Waals surface area contributed by atoms with Gasteiger partial charge >= 0.3 is 0 Å². The lowest BCUT2D eigenvalue weighted by molar-refractivity contribution is -0.130. The van der Waals surface area contributed by atoms with E-state index in [1.165, 1.54) is 4.31 Å². The number of rotatable bonds is 6. The fourth-order valence-electron chi connectivity index (χ4n) is 3.71. The van der Waals surface area contributed by atoms with Gasteiger partial charge in [-0.2, -0.15) is 0 Å². The van der Waals surface area contributed by atoms with E-state index in [2.05, 4.69) is 0 Å². The van der Waals surface area contributed by atoms with E-state index >= 15 is 0 Å². The fraction of sp³-hybridized carbons (Fsp3) is 0.227. The molecule has 0 aromatic heterocycles. The Morgan fingerprint density at radius 3 is 2.43 bits per heavy atom. The average Bonchev–Trinajstić information content (AvgIpc) is 2.92. The van der Waals surface area contributed by atoms with E-state index in [1.807, 2.05) is 54.6 Å². The summed E-state index contributed by atoms with van der Waals surface area (Å²) in [6, 6.07) is 20.8. The summed E-state index contributed by atoms with van der Waals surface area (Å²) in [6.45, 7) is 0.841. The first-order chi connectivity index (χ1) is 13.5. The van der Waals surface area contributed by atoms with E-state index in [4.69, 9.17) is 0 Å². The zero-order valence-electron chi connectivity index (χ0n) is 15.7. The molecule has 3 aromatic rings. The molecule has 0 radical (unpaired) electrons.